The summed E-state index contributed by atoms with van der Waals surface area (Å²) in [5.74, 6) is 0.249. The summed E-state index contributed by atoms with van der Waals surface area (Å²) in [4.78, 5) is 4.76. The van der Waals surface area contributed by atoms with E-state index >= 15 is 0 Å². The van der Waals surface area contributed by atoms with Crippen molar-refractivity contribution in [2.45, 2.75) is 25.2 Å². The van der Waals surface area contributed by atoms with Gasteiger partial charge in [-0.2, -0.15) is 5.10 Å². The third kappa shape index (κ3) is 2.79. The fraction of sp³-hybridized carbons (Fsp3) is 0.182. The molecule has 134 valence electrons. The maximum absolute atomic E-state index is 14.0. The van der Waals surface area contributed by atoms with Crippen LogP contribution in [0.15, 0.2) is 66.7 Å². The van der Waals surface area contributed by atoms with Gasteiger partial charge in [0.1, 0.15) is 0 Å². The van der Waals surface area contributed by atoms with Crippen molar-refractivity contribution < 1.29 is 8.78 Å². The van der Waals surface area contributed by atoms with Crippen molar-refractivity contribution in [2.24, 2.45) is 0 Å². The van der Waals surface area contributed by atoms with Gasteiger partial charge in [-0.15, -0.1) is 0 Å². The second kappa shape index (κ2) is 6.27. The van der Waals surface area contributed by atoms with Gasteiger partial charge in [-0.3, -0.25) is 0 Å². The molecule has 0 aliphatic heterocycles. The average molecular weight is 361 g/mol. The molecule has 0 N–H and O–H groups in total. The first-order valence-electron chi connectivity index (χ1n) is 9.05. The Morgan fingerprint density at radius 2 is 1.59 bits per heavy atom. The molecule has 0 unspecified atom stereocenters. The molecule has 2 aromatic carbocycles. The largest absolute Gasteiger partial charge is 0.264 e. The summed E-state index contributed by atoms with van der Waals surface area (Å²) in [5.41, 5.74) is 3.44. The molecule has 1 aliphatic rings. The third-order valence-electron chi connectivity index (χ3n) is 4.96. The van der Waals surface area contributed by atoms with Gasteiger partial charge in [0.05, 0.1) is 22.5 Å². The van der Waals surface area contributed by atoms with Crippen molar-refractivity contribution in [3.8, 4) is 16.9 Å². The van der Waals surface area contributed by atoms with E-state index in [4.69, 9.17) is 10.1 Å². The van der Waals surface area contributed by atoms with E-state index in [9.17, 15) is 8.78 Å². The third-order valence-corrected chi connectivity index (χ3v) is 4.96. The summed E-state index contributed by atoms with van der Waals surface area (Å²) in [6.07, 6.45) is -0.600. The smallest absolute Gasteiger partial charge is 0.228 e. The predicted molar refractivity (Wildman–Crippen MR) is 101 cm³/mol. The number of halogens is 2. The Kier molecular flexibility index (Phi) is 3.74. The zero-order valence-electron chi connectivity index (χ0n) is 14.5. The van der Waals surface area contributed by atoms with Gasteiger partial charge in [-0.25, -0.2) is 18.4 Å². The van der Waals surface area contributed by atoms with Crippen molar-refractivity contribution >= 4 is 11.0 Å². The summed E-state index contributed by atoms with van der Waals surface area (Å²) in [6, 6.07) is 20.5. The minimum Gasteiger partial charge on any atom is -0.228 e. The van der Waals surface area contributed by atoms with Crippen LogP contribution in [0.1, 0.15) is 36.4 Å². The molecule has 0 saturated heterocycles. The van der Waals surface area contributed by atoms with Gasteiger partial charge >= 0.3 is 0 Å². The Labute approximate surface area is 155 Å². The topological polar surface area (TPSA) is 30.7 Å². The molecule has 0 bridgehead atoms. The lowest BCUT2D eigenvalue weighted by atomic mass is 10.0. The number of rotatable bonds is 4. The van der Waals surface area contributed by atoms with Crippen molar-refractivity contribution in [1.82, 2.24) is 14.8 Å². The highest BCUT2D eigenvalue weighted by atomic mass is 19.3. The Morgan fingerprint density at radius 3 is 2.22 bits per heavy atom. The summed E-state index contributed by atoms with van der Waals surface area (Å²) < 4.78 is 29.7. The summed E-state index contributed by atoms with van der Waals surface area (Å²) >= 11 is 0. The van der Waals surface area contributed by atoms with E-state index in [1.54, 1.807) is 4.68 Å². The summed E-state index contributed by atoms with van der Waals surface area (Å²) in [6.45, 7) is 0. The van der Waals surface area contributed by atoms with Gasteiger partial charge in [0, 0.05) is 17.0 Å². The van der Waals surface area contributed by atoms with Crippen LogP contribution in [-0.4, -0.2) is 14.8 Å². The zero-order chi connectivity index (χ0) is 18.4. The Bertz CT molecular complexity index is 1100. The molecular weight excluding hydrogens is 344 g/mol. The van der Waals surface area contributed by atoms with Crippen LogP contribution in [0.25, 0.3) is 28.0 Å². The molecule has 2 heterocycles. The molecule has 3 nitrogen and oxygen atoms in total. The van der Waals surface area contributed by atoms with Gasteiger partial charge < -0.3 is 0 Å². The van der Waals surface area contributed by atoms with Gasteiger partial charge in [0.15, 0.2) is 5.65 Å². The molecule has 0 spiro atoms. The summed E-state index contributed by atoms with van der Waals surface area (Å²) in [7, 11) is 0. The van der Waals surface area contributed by atoms with Crippen LogP contribution in [0.2, 0.25) is 0 Å². The molecular formula is C22H17F2N3. The number of pyridine rings is 1. The first-order chi connectivity index (χ1) is 13.2. The van der Waals surface area contributed by atoms with Crippen molar-refractivity contribution in [3.05, 3.63) is 78.0 Å². The lowest BCUT2D eigenvalue weighted by Gasteiger charge is -2.09. The molecule has 1 aliphatic carbocycles. The highest BCUT2D eigenvalue weighted by Gasteiger charge is 2.32. The number of benzene rings is 2. The standard InChI is InChI=1S/C22H17F2N3/c23-21(24)17-13-18(14-7-3-1-4-8-14)25-22-19(17)20(15-11-12-15)26-27(22)16-9-5-2-6-10-16/h1-10,13,15,21H,11-12H2. The van der Waals surface area contributed by atoms with Crippen LogP contribution < -0.4 is 0 Å². The molecule has 1 fully saturated rings. The lowest BCUT2D eigenvalue weighted by Crippen LogP contribution is -1.99. The second-order valence-corrected chi connectivity index (χ2v) is 6.87. The molecule has 1 saturated carbocycles. The number of aromatic nitrogens is 3. The number of hydrogen-bond acceptors (Lipinski definition) is 2. The SMILES string of the molecule is FC(F)c1cc(-c2ccccc2)nc2c1c(C1CC1)nn2-c1ccccc1. The number of para-hydroxylation sites is 1. The molecule has 5 heteroatoms. The van der Waals surface area contributed by atoms with E-state index in [1.807, 2.05) is 60.7 Å². The van der Waals surface area contributed by atoms with Crippen molar-refractivity contribution in [3.63, 3.8) is 0 Å². The number of nitrogens with zero attached hydrogens (tertiary/aromatic N) is 3. The minimum absolute atomic E-state index is 0.0166. The van der Waals surface area contributed by atoms with Crippen LogP contribution in [-0.2, 0) is 0 Å². The van der Waals surface area contributed by atoms with Crippen LogP contribution in [0.4, 0.5) is 8.78 Å². The Balaban J connectivity index is 1.84. The van der Waals surface area contributed by atoms with E-state index in [-0.39, 0.29) is 11.5 Å². The van der Waals surface area contributed by atoms with E-state index in [2.05, 4.69) is 0 Å². The van der Waals surface area contributed by atoms with E-state index < -0.39 is 6.43 Å². The molecule has 2 aromatic heterocycles. The van der Waals surface area contributed by atoms with Crippen molar-refractivity contribution in [1.29, 1.82) is 0 Å². The number of alkyl halides is 2. The van der Waals surface area contributed by atoms with Gasteiger partial charge in [-0.05, 0) is 31.0 Å². The van der Waals surface area contributed by atoms with Crippen molar-refractivity contribution in [2.75, 3.05) is 0 Å². The fourth-order valence-electron chi connectivity index (χ4n) is 3.49. The normalized spacial score (nSPS) is 14.2. The maximum Gasteiger partial charge on any atom is 0.264 e. The molecule has 27 heavy (non-hydrogen) atoms. The lowest BCUT2D eigenvalue weighted by molar-refractivity contribution is 0.153. The first-order valence-corrected chi connectivity index (χ1v) is 9.05. The van der Waals surface area contributed by atoms with Crippen LogP contribution in [0.5, 0.6) is 0 Å². The molecule has 4 aromatic rings. The maximum atomic E-state index is 14.0. The summed E-state index contributed by atoms with van der Waals surface area (Å²) in [5, 5.41) is 5.23. The second-order valence-electron chi connectivity index (χ2n) is 6.87. The number of fused-ring (bicyclic) bond motifs is 1. The first kappa shape index (κ1) is 16.1. The van der Waals surface area contributed by atoms with Gasteiger partial charge in [0.25, 0.3) is 6.43 Å². The monoisotopic (exact) mass is 361 g/mol. The van der Waals surface area contributed by atoms with Crippen LogP contribution in [0.3, 0.4) is 0 Å². The van der Waals surface area contributed by atoms with Gasteiger partial charge in [0.2, 0.25) is 0 Å². The Hall–Kier alpha value is -3.08. The predicted octanol–water partition coefficient (Wildman–Crippen LogP) is 5.90. The quantitative estimate of drug-likeness (QED) is 0.453. The van der Waals surface area contributed by atoms with E-state index in [0.717, 1.165) is 29.8 Å². The fourth-order valence-corrected chi connectivity index (χ4v) is 3.49. The zero-order valence-corrected chi connectivity index (χ0v) is 14.5. The molecule has 0 radical (unpaired) electrons. The average Bonchev–Trinajstić information content (AvgIpc) is 3.49. The van der Waals surface area contributed by atoms with E-state index in [1.165, 1.54) is 6.07 Å². The molecule has 0 atom stereocenters. The van der Waals surface area contributed by atoms with E-state index in [0.29, 0.717) is 16.7 Å². The van der Waals surface area contributed by atoms with Crippen LogP contribution >= 0.6 is 0 Å². The highest BCUT2D eigenvalue weighted by molar-refractivity contribution is 5.87. The minimum atomic E-state index is -2.58. The number of hydrogen-bond donors (Lipinski definition) is 0. The van der Waals surface area contributed by atoms with Crippen LogP contribution in [0, 0.1) is 0 Å². The highest BCUT2D eigenvalue weighted by Crippen LogP contribution is 2.45. The Morgan fingerprint density at radius 1 is 0.926 bits per heavy atom. The van der Waals surface area contributed by atoms with Gasteiger partial charge in [-0.1, -0.05) is 48.5 Å². The molecule has 0 amide bonds. The molecule has 5 rings (SSSR count).